The highest BCUT2D eigenvalue weighted by molar-refractivity contribution is 7.89. The molecule has 4 rings (SSSR count). The number of hydrogen-bond acceptors (Lipinski definition) is 4. The van der Waals surface area contributed by atoms with Gasteiger partial charge in [-0.2, -0.15) is 4.31 Å². The summed E-state index contributed by atoms with van der Waals surface area (Å²) in [6, 6.07) is 11.0. The lowest BCUT2D eigenvalue weighted by atomic mass is 10.1. The fourth-order valence-corrected chi connectivity index (χ4v) is 5.24. The van der Waals surface area contributed by atoms with Gasteiger partial charge in [-0.05, 0) is 67.1 Å². The first-order chi connectivity index (χ1) is 12.0. The monoisotopic (exact) mass is 361 g/mol. The first-order valence-corrected chi connectivity index (χ1v) is 10.3. The molecule has 2 aliphatic rings. The smallest absolute Gasteiger partial charge is 0.243 e. The molecular formula is C19H23NO4S. The van der Waals surface area contributed by atoms with Crippen molar-refractivity contribution in [2.45, 2.75) is 49.2 Å². The summed E-state index contributed by atoms with van der Waals surface area (Å²) in [5, 5.41) is 11.5. The Morgan fingerprint density at radius 2 is 1.72 bits per heavy atom. The minimum absolute atomic E-state index is 0.175. The van der Waals surface area contributed by atoms with Crippen molar-refractivity contribution < 1.29 is 18.3 Å². The predicted octanol–water partition coefficient (Wildman–Crippen LogP) is 2.92. The summed E-state index contributed by atoms with van der Waals surface area (Å²) in [6.45, 7) is 0.546. The van der Waals surface area contributed by atoms with Crippen molar-refractivity contribution in [1.82, 2.24) is 4.31 Å². The third-order valence-electron chi connectivity index (χ3n) is 5.15. The number of aliphatic hydroxyl groups excluding tert-OH is 1. The summed E-state index contributed by atoms with van der Waals surface area (Å²) >= 11 is 0. The number of sulfonamides is 1. The van der Waals surface area contributed by atoms with Crippen LogP contribution in [0.25, 0.3) is 10.8 Å². The zero-order valence-electron chi connectivity index (χ0n) is 14.1. The minimum atomic E-state index is -3.55. The van der Waals surface area contributed by atoms with E-state index in [1.807, 2.05) is 24.3 Å². The van der Waals surface area contributed by atoms with Crippen LogP contribution in [0.15, 0.2) is 41.3 Å². The van der Waals surface area contributed by atoms with Crippen molar-refractivity contribution >= 4 is 20.8 Å². The van der Waals surface area contributed by atoms with Crippen molar-refractivity contribution in [2.75, 3.05) is 13.1 Å². The van der Waals surface area contributed by atoms with Gasteiger partial charge >= 0.3 is 0 Å². The van der Waals surface area contributed by atoms with E-state index in [4.69, 9.17) is 4.74 Å². The van der Waals surface area contributed by atoms with Crippen molar-refractivity contribution in [3.63, 3.8) is 0 Å². The second kappa shape index (κ2) is 6.59. The Morgan fingerprint density at radius 1 is 1.00 bits per heavy atom. The first-order valence-electron chi connectivity index (χ1n) is 8.91. The second-order valence-electron chi connectivity index (χ2n) is 7.00. The molecule has 1 aliphatic heterocycles. The van der Waals surface area contributed by atoms with Crippen LogP contribution in [0, 0.1) is 0 Å². The lowest BCUT2D eigenvalue weighted by Gasteiger charge is -2.16. The van der Waals surface area contributed by atoms with Gasteiger partial charge < -0.3 is 9.84 Å². The van der Waals surface area contributed by atoms with Gasteiger partial charge in [-0.3, -0.25) is 0 Å². The van der Waals surface area contributed by atoms with E-state index in [0.717, 1.165) is 29.4 Å². The fourth-order valence-electron chi connectivity index (χ4n) is 3.71. The topological polar surface area (TPSA) is 66.8 Å². The Labute approximate surface area is 148 Å². The van der Waals surface area contributed by atoms with Crippen molar-refractivity contribution in [2.24, 2.45) is 0 Å². The van der Waals surface area contributed by atoms with Gasteiger partial charge in [0.15, 0.2) is 0 Å². The lowest BCUT2D eigenvalue weighted by molar-refractivity contribution is 0.189. The molecule has 1 saturated heterocycles. The molecular weight excluding hydrogens is 338 g/mol. The molecule has 1 N–H and O–H groups in total. The highest BCUT2D eigenvalue weighted by atomic mass is 32.2. The molecule has 25 heavy (non-hydrogen) atoms. The predicted molar refractivity (Wildman–Crippen MR) is 96.2 cm³/mol. The van der Waals surface area contributed by atoms with Crippen LogP contribution in [0.5, 0.6) is 5.75 Å². The third kappa shape index (κ3) is 3.38. The second-order valence-corrected chi connectivity index (χ2v) is 8.94. The van der Waals surface area contributed by atoms with Gasteiger partial charge in [0.05, 0.1) is 17.1 Å². The average molecular weight is 361 g/mol. The number of aliphatic hydroxyl groups is 1. The SMILES string of the molecule is O=S(=O)(c1ccc2cc(OC3CCCC3)ccc2c1)N1CC[C@H](O)C1. The summed E-state index contributed by atoms with van der Waals surface area (Å²) in [7, 11) is -3.55. The molecule has 2 aromatic carbocycles. The number of fused-ring (bicyclic) bond motifs is 1. The van der Waals surface area contributed by atoms with Gasteiger partial charge in [0, 0.05) is 13.1 Å². The van der Waals surface area contributed by atoms with Gasteiger partial charge in [0.25, 0.3) is 0 Å². The normalized spacial score (nSPS) is 22.7. The van der Waals surface area contributed by atoms with Crippen LogP contribution in [-0.4, -0.2) is 43.1 Å². The average Bonchev–Trinajstić information content (AvgIpc) is 3.26. The molecule has 0 unspecified atom stereocenters. The number of nitrogens with zero attached hydrogens (tertiary/aromatic N) is 1. The maximum absolute atomic E-state index is 12.7. The molecule has 0 spiro atoms. The molecule has 1 atom stereocenters. The third-order valence-corrected chi connectivity index (χ3v) is 7.01. The van der Waals surface area contributed by atoms with Crippen molar-refractivity contribution in [3.05, 3.63) is 36.4 Å². The molecule has 0 radical (unpaired) electrons. The van der Waals surface area contributed by atoms with E-state index in [1.54, 1.807) is 12.1 Å². The van der Waals surface area contributed by atoms with Crippen LogP contribution in [0.2, 0.25) is 0 Å². The molecule has 2 aromatic rings. The zero-order chi connectivity index (χ0) is 17.4. The molecule has 1 aliphatic carbocycles. The molecule has 0 amide bonds. The summed E-state index contributed by atoms with van der Waals surface area (Å²) in [4.78, 5) is 0.276. The molecule has 5 nitrogen and oxygen atoms in total. The van der Waals surface area contributed by atoms with Crippen LogP contribution in [0.1, 0.15) is 32.1 Å². The molecule has 0 aromatic heterocycles. The first kappa shape index (κ1) is 16.8. The number of rotatable bonds is 4. The van der Waals surface area contributed by atoms with E-state index in [9.17, 15) is 13.5 Å². The Balaban J connectivity index is 1.60. The maximum Gasteiger partial charge on any atom is 0.243 e. The number of β-amino-alcohol motifs (C(OH)–C–C–N with tert-alkyl or cyclic N) is 1. The van der Waals surface area contributed by atoms with Gasteiger partial charge in [-0.15, -0.1) is 0 Å². The summed E-state index contributed by atoms with van der Waals surface area (Å²) in [5.41, 5.74) is 0. The molecule has 1 heterocycles. The summed E-state index contributed by atoms with van der Waals surface area (Å²) in [6.07, 6.45) is 4.90. The fraction of sp³-hybridized carbons (Fsp3) is 0.474. The number of benzene rings is 2. The molecule has 134 valence electrons. The zero-order valence-corrected chi connectivity index (χ0v) is 14.9. The standard InChI is InChI=1S/C19H23NO4S/c21-16-9-10-20(13-16)25(22,23)19-8-6-14-11-18(7-5-15(14)12-19)24-17-3-1-2-4-17/h5-8,11-12,16-17,21H,1-4,9-10,13H2/t16-/m0/s1. The van der Waals surface area contributed by atoms with Gasteiger partial charge in [0.2, 0.25) is 10.0 Å². The van der Waals surface area contributed by atoms with Gasteiger partial charge in [-0.25, -0.2) is 8.42 Å². The lowest BCUT2D eigenvalue weighted by Crippen LogP contribution is -2.29. The van der Waals surface area contributed by atoms with E-state index < -0.39 is 16.1 Å². The van der Waals surface area contributed by atoms with Crippen LogP contribution in [0.3, 0.4) is 0 Å². The molecule has 6 heteroatoms. The van der Waals surface area contributed by atoms with Gasteiger partial charge in [-0.1, -0.05) is 12.1 Å². The van der Waals surface area contributed by atoms with E-state index in [-0.39, 0.29) is 11.4 Å². The molecule has 1 saturated carbocycles. The Bertz CT molecular complexity index is 874. The van der Waals surface area contributed by atoms with Gasteiger partial charge in [0.1, 0.15) is 5.75 Å². The molecule has 2 fully saturated rings. The quantitative estimate of drug-likeness (QED) is 0.909. The molecule has 0 bridgehead atoms. The Hall–Kier alpha value is -1.63. The Kier molecular flexibility index (Phi) is 4.43. The maximum atomic E-state index is 12.7. The van der Waals surface area contributed by atoms with Crippen LogP contribution in [-0.2, 0) is 10.0 Å². The van der Waals surface area contributed by atoms with E-state index in [2.05, 4.69) is 0 Å². The highest BCUT2D eigenvalue weighted by Crippen LogP contribution is 2.29. The van der Waals surface area contributed by atoms with Crippen LogP contribution >= 0.6 is 0 Å². The number of hydrogen-bond donors (Lipinski definition) is 1. The highest BCUT2D eigenvalue weighted by Gasteiger charge is 2.31. The minimum Gasteiger partial charge on any atom is -0.490 e. The van der Waals surface area contributed by atoms with Crippen molar-refractivity contribution in [1.29, 1.82) is 0 Å². The van der Waals surface area contributed by atoms with E-state index >= 15 is 0 Å². The largest absolute Gasteiger partial charge is 0.490 e. The summed E-state index contributed by atoms with van der Waals surface area (Å²) in [5.74, 6) is 0.845. The van der Waals surface area contributed by atoms with E-state index in [0.29, 0.717) is 19.1 Å². The van der Waals surface area contributed by atoms with Crippen molar-refractivity contribution in [3.8, 4) is 5.75 Å². The summed E-state index contributed by atoms with van der Waals surface area (Å²) < 4.78 is 32.8. The van der Waals surface area contributed by atoms with Crippen LogP contribution in [0.4, 0.5) is 0 Å². The van der Waals surface area contributed by atoms with Crippen LogP contribution < -0.4 is 4.74 Å². The van der Waals surface area contributed by atoms with E-state index in [1.165, 1.54) is 17.1 Å². The Morgan fingerprint density at radius 3 is 2.44 bits per heavy atom. The number of ether oxygens (including phenoxy) is 1.